The molecule has 0 radical (unpaired) electrons. The summed E-state index contributed by atoms with van der Waals surface area (Å²) in [5.41, 5.74) is 12.1. The average molecular weight is 754 g/mol. The lowest BCUT2D eigenvalue weighted by atomic mass is 9.99. The summed E-state index contributed by atoms with van der Waals surface area (Å²) in [7, 11) is 0. The Morgan fingerprint density at radius 3 is 1.71 bits per heavy atom. The van der Waals surface area contributed by atoms with Crippen molar-refractivity contribution in [3.63, 3.8) is 0 Å². The highest BCUT2D eigenvalue weighted by atomic mass is 16.3. The van der Waals surface area contributed by atoms with E-state index in [2.05, 4.69) is 124 Å². The molecular formula is C53H31N5O. The molecule has 6 nitrogen and oxygen atoms in total. The summed E-state index contributed by atoms with van der Waals surface area (Å²) in [5.74, 6) is 0.515. The van der Waals surface area contributed by atoms with Gasteiger partial charge in [0.15, 0.2) is 11.4 Å². The van der Waals surface area contributed by atoms with Gasteiger partial charge in [0, 0.05) is 54.7 Å². The predicted octanol–water partition coefficient (Wildman–Crippen LogP) is 13.4. The van der Waals surface area contributed by atoms with Crippen molar-refractivity contribution < 1.29 is 4.42 Å². The van der Waals surface area contributed by atoms with Gasteiger partial charge < -0.3 is 13.6 Å². The summed E-state index contributed by atoms with van der Waals surface area (Å²) in [4.78, 5) is 10.4. The van der Waals surface area contributed by atoms with E-state index in [-0.39, 0.29) is 0 Å². The Morgan fingerprint density at radius 2 is 1.03 bits per heavy atom. The molecule has 0 saturated heterocycles. The van der Waals surface area contributed by atoms with Crippen molar-refractivity contribution in [2.24, 2.45) is 0 Å². The molecule has 274 valence electrons. The first-order valence-electron chi connectivity index (χ1n) is 19.7. The molecule has 4 aromatic heterocycles. The van der Waals surface area contributed by atoms with Gasteiger partial charge in [0.2, 0.25) is 0 Å². The van der Waals surface area contributed by atoms with E-state index < -0.39 is 0 Å². The number of nitrogens with zero attached hydrogens (tertiary/aromatic N) is 5. The molecule has 0 aliphatic rings. The quantitative estimate of drug-likeness (QED) is 0.175. The molecule has 0 unspecified atom stereocenters. The molecular weight excluding hydrogens is 723 g/mol. The number of furan rings is 1. The maximum atomic E-state index is 10.6. The second kappa shape index (κ2) is 12.9. The molecule has 0 atom stereocenters. The first-order chi connectivity index (χ1) is 29.3. The monoisotopic (exact) mass is 753 g/mol. The fourth-order valence-electron chi connectivity index (χ4n) is 9.09. The topological polar surface area (TPSA) is 72.6 Å². The number of aromatic nitrogens is 4. The third-order valence-electron chi connectivity index (χ3n) is 11.6. The van der Waals surface area contributed by atoms with Gasteiger partial charge in [0.05, 0.1) is 39.1 Å². The van der Waals surface area contributed by atoms with Gasteiger partial charge in [-0.25, -0.2) is 9.97 Å². The number of hydrogen-bond acceptors (Lipinski definition) is 4. The molecule has 12 aromatic rings. The zero-order chi connectivity index (χ0) is 39.0. The van der Waals surface area contributed by atoms with E-state index in [1.54, 1.807) is 0 Å². The second-order valence-corrected chi connectivity index (χ2v) is 14.8. The van der Waals surface area contributed by atoms with Gasteiger partial charge in [-0.2, -0.15) is 5.26 Å². The lowest BCUT2D eigenvalue weighted by molar-refractivity contribution is 0.666. The van der Waals surface area contributed by atoms with Crippen molar-refractivity contribution in [3.05, 3.63) is 194 Å². The zero-order valence-electron chi connectivity index (χ0n) is 31.5. The normalized spacial score (nSPS) is 11.7. The fraction of sp³-hybridized carbons (Fsp3) is 0. The predicted molar refractivity (Wildman–Crippen MR) is 239 cm³/mol. The van der Waals surface area contributed by atoms with Crippen LogP contribution in [-0.2, 0) is 0 Å². The van der Waals surface area contributed by atoms with Crippen molar-refractivity contribution in [2.45, 2.75) is 0 Å². The van der Waals surface area contributed by atoms with Crippen molar-refractivity contribution in [1.82, 2.24) is 19.1 Å². The van der Waals surface area contributed by atoms with Crippen LogP contribution in [0.3, 0.4) is 0 Å². The van der Waals surface area contributed by atoms with Gasteiger partial charge in [-0.15, -0.1) is 0 Å². The van der Waals surface area contributed by atoms with Crippen molar-refractivity contribution in [2.75, 3.05) is 0 Å². The molecule has 0 aliphatic heterocycles. The highest BCUT2D eigenvalue weighted by Gasteiger charge is 2.26. The molecule has 4 heterocycles. The minimum atomic E-state index is 0.431. The molecule has 0 amide bonds. The molecule has 59 heavy (non-hydrogen) atoms. The Hall–Kier alpha value is -8.27. The van der Waals surface area contributed by atoms with Crippen LogP contribution in [-0.4, -0.2) is 19.1 Å². The maximum absolute atomic E-state index is 10.6. The average Bonchev–Trinajstić information content (AvgIpc) is 3.97. The van der Waals surface area contributed by atoms with Crippen LogP contribution in [0.5, 0.6) is 0 Å². The molecule has 0 bridgehead atoms. The van der Waals surface area contributed by atoms with Gasteiger partial charge in [0.25, 0.3) is 0 Å². The molecule has 8 aromatic carbocycles. The number of nitriles is 1. The summed E-state index contributed by atoms with van der Waals surface area (Å²) in [6, 6.07) is 67.1. The minimum absolute atomic E-state index is 0.431. The standard InChI is InChI=1S/C53H31N5O/c54-32-41-49(33-16-4-1-5-17-33)55-53(56-50(41)34-18-6-2-7-19-34)40-29-31-45(52-47(40)39-24-12-15-27-46(39)59-52)58-43-26-14-11-23-38(43)48-44(58)30-28-37-36-22-10-13-25-42(36)57(51(37)48)35-20-8-3-9-21-35/h1-31H. The molecule has 6 heteroatoms. The Bertz CT molecular complexity index is 3610. The van der Waals surface area contributed by atoms with Gasteiger partial charge in [-0.05, 0) is 48.5 Å². The van der Waals surface area contributed by atoms with Crippen LogP contribution in [0, 0.1) is 11.3 Å². The summed E-state index contributed by atoms with van der Waals surface area (Å²) >= 11 is 0. The maximum Gasteiger partial charge on any atom is 0.161 e. The number of rotatable bonds is 5. The zero-order valence-corrected chi connectivity index (χ0v) is 31.5. The Morgan fingerprint density at radius 1 is 0.458 bits per heavy atom. The summed E-state index contributed by atoms with van der Waals surface area (Å²) in [6.07, 6.45) is 0. The van der Waals surface area contributed by atoms with Crippen LogP contribution >= 0.6 is 0 Å². The summed E-state index contributed by atoms with van der Waals surface area (Å²) in [5, 5.41) is 17.2. The molecule has 0 N–H and O–H groups in total. The van der Waals surface area contributed by atoms with E-state index >= 15 is 0 Å². The number of para-hydroxylation sites is 4. The lowest BCUT2D eigenvalue weighted by Gasteiger charge is -2.14. The molecule has 12 rings (SSSR count). The highest BCUT2D eigenvalue weighted by molar-refractivity contribution is 6.26. The van der Waals surface area contributed by atoms with E-state index in [0.29, 0.717) is 22.8 Å². The van der Waals surface area contributed by atoms with E-state index in [4.69, 9.17) is 14.4 Å². The molecule has 0 aliphatic carbocycles. The first kappa shape index (κ1) is 32.9. The number of benzene rings is 8. The van der Waals surface area contributed by atoms with Crippen LogP contribution in [0.25, 0.3) is 111 Å². The van der Waals surface area contributed by atoms with Crippen LogP contribution in [0.4, 0.5) is 0 Å². The Labute approximate surface area is 338 Å². The minimum Gasteiger partial charge on any atom is -0.454 e. The molecule has 0 spiro atoms. The fourth-order valence-corrected chi connectivity index (χ4v) is 9.09. The van der Waals surface area contributed by atoms with Gasteiger partial charge in [-0.3, -0.25) is 0 Å². The van der Waals surface area contributed by atoms with E-state index in [9.17, 15) is 5.26 Å². The van der Waals surface area contributed by atoms with E-state index in [0.717, 1.165) is 77.5 Å². The SMILES string of the molecule is N#Cc1c(-c2ccccc2)nc(-c2ccc(-n3c4ccccc4c4c3ccc3c5ccccc5n(-c5ccccc5)c34)c3oc4ccccc4c23)nc1-c1ccccc1. The van der Waals surface area contributed by atoms with Crippen molar-refractivity contribution in [3.8, 4) is 51.3 Å². The first-order valence-corrected chi connectivity index (χ1v) is 19.7. The highest BCUT2D eigenvalue weighted by Crippen LogP contribution is 2.45. The number of fused-ring (bicyclic) bond motifs is 10. The van der Waals surface area contributed by atoms with Crippen LogP contribution in [0.2, 0.25) is 0 Å². The van der Waals surface area contributed by atoms with Gasteiger partial charge in [0.1, 0.15) is 17.2 Å². The van der Waals surface area contributed by atoms with E-state index in [1.165, 1.54) is 16.2 Å². The van der Waals surface area contributed by atoms with E-state index in [1.807, 2.05) is 78.9 Å². The largest absolute Gasteiger partial charge is 0.454 e. The molecule has 0 fully saturated rings. The van der Waals surface area contributed by atoms with Gasteiger partial charge >= 0.3 is 0 Å². The van der Waals surface area contributed by atoms with Crippen LogP contribution < -0.4 is 0 Å². The summed E-state index contributed by atoms with van der Waals surface area (Å²) in [6.45, 7) is 0. The number of hydrogen-bond donors (Lipinski definition) is 0. The smallest absolute Gasteiger partial charge is 0.161 e. The Balaban J connectivity index is 1.19. The van der Waals surface area contributed by atoms with Crippen LogP contribution in [0.1, 0.15) is 5.56 Å². The van der Waals surface area contributed by atoms with Gasteiger partial charge in [-0.1, -0.05) is 140 Å². The molecule has 0 saturated carbocycles. The second-order valence-electron chi connectivity index (χ2n) is 14.8. The Kier molecular flexibility index (Phi) is 7.19. The summed E-state index contributed by atoms with van der Waals surface area (Å²) < 4.78 is 11.7. The van der Waals surface area contributed by atoms with Crippen LogP contribution in [0.15, 0.2) is 192 Å². The lowest BCUT2D eigenvalue weighted by Crippen LogP contribution is -2.02. The van der Waals surface area contributed by atoms with Crippen molar-refractivity contribution in [1.29, 1.82) is 5.26 Å². The van der Waals surface area contributed by atoms with Crippen molar-refractivity contribution >= 4 is 65.6 Å². The third kappa shape index (κ3) is 4.86. The third-order valence-corrected chi connectivity index (χ3v) is 11.6.